The zero-order valence-electron chi connectivity index (χ0n) is 15.0. The number of rotatable bonds is 4. The second-order valence-corrected chi connectivity index (χ2v) is 9.38. The molecule has 4 rings (SSSR count). The highest BCUT2D eigenvalue weighted by atomic mass is 35.5. The summed E-state index contributed by atoms with van der Waals surface area (Å²) in [6.45, 7) is 1.96. The number of amides is 1. The van der Waals surface area contributed by atoms with E-state index in [2.05, 4.69) is 9.71 Å². The summed E-state index contributed by atoms with van der Waals surface area (Å²) in [5, 5.41) is 0.336. The zero-order valence-corrected chi connectivity index (χ0v) is 17.4. The smallest absolute Gasteiger partial charge is 0.265 e. The summed E-state index contributed by atoms with van der Waals surface area (Å²) in [4.78, 5) is 17.6. The van der Waals surface area contributed by atoms with Crippen molar-refractivity contribution in [1.29, 1.82) is 0 Å². The topological polar surface area (TPSA) is 88.6 Å². The molecule has 0 bridgehead atoms. The van der Waals surface area contributed by atoms with Crippen molar-refractivity contribution in [3.63, 3.8) is 0 Å². The van der Waals surface area contributed by atoms with Gasteiger partial charge in [0.2, 0.25) is 5.91 Å². The second kappa shape index (κ2) is 6.91. The van der Waals surface area contributed by atoms with Gasteiger partial charge in [0.05, 0.1) is 22.3 Å². The van der Waals surface area contributed by atoms with E-state index in [1.807, 2.05) is 0 Å². The molecule has 0 atom stereocenters. The van der Waals surface area contributed by atoms with E-state index in [1.165, 1.54) is 24.3 Å². The fourth-order valence-corrected chi connectivity index (χ4v) is 5.87. The van der Waals surface area contributed by atoms with Crippen LogP contribution in [0.5, 0.6) is 5.75 Å². The average molecular weight is 438 g/mol. The first kappa shape index (κ1) is 19.0. The van der Waals surface area contributed by atoms with Crippen LogP contribution >= 0.6 is 22.9 Å². The molecule has 7 nitrogen and oxygen atoms in total. The van der Waals surface area contributed by atoms with Crippen molar-refractivity contribution < 1.29 is 17.9 Å². The van der Waals surface area contributed by atoms with Crippen LogP contribution in [0.4, 0.5) is 10.8 Å². The van der Waals surface area contributed by atoms with E-state index in [9.17, 15) is 13.2 Å². The zero-order chi connectivity index (χ0) is 20.1. The molecule has 0 saturated heterocycles. The van der Waals surface area contributed by atoms with E-state index in [0.717, 1.165) is 10.3 Å². The summed E-state index contributed by atoms with van der Waals surface area (Å²) in [6, 6.07) is 8.36. The molecule has 0 spiro atoms. The van der Waals surface area contributed by atoms with Crippen molar-refractivity contribution in [2.24, 2.45) is 0 Å². The summed E-state index contributed by atoms with van der Waals surface area (Å²) < 4.78 is 34.3. The van der Waals surface area contributed by atoms with Crippen molar-refractivity contribution in [2.45, 2.75) is 18.2 Å². The van der Waals surface area contributed by atoms with Gasteiger partial charge in [-0.25, -0.2) is 13.4 Å². The predicted octanol–water partition coefficient (Wildman–Crippen LogP) is 3.67. The van der Waals surface area contributed by atoms with E-state index in [4.69, 9.17) is 16.3 Å². The Morgan fingerprint density at radius 3 is 2.82 bits per heavy atom. The molecule has 2 aromatic carbocycles. The van der Waals surface area contributed by atoms with Gasteiger partial charge >= 0.3 is 0 Å². The largest absolute Gasteiger partial charge is 0.497 e. The van der Waals surface area contributed by atoms with Gasteiger partial charge in [-0.3, -0.25) is 9.52 Å². The second-order valence-electron chi connectivity index (χ2n) is 6.29. The number of ether oxygens (including phenoxy) is 1. The number of nitrogens with one attached hydrogen (secondary N) is 1. The fourth-order valence-electron chi connectivity index (χ4n) is 3.17. The number of halogens is 1. The number of carbonyl (C=O) groups excluding carboxylic acids is 1. The molecular formula is C18H16ClN3O4S2. The predicted molar refractivity (Wildman–Crippen MR) is 110 cm³/mol. The van der Waals surface area contributed by atoms with Crippen LogP contribution in [0.3, 0.4) is 0 Å². The van der Waals surface area contributed by atoms with E-state index < -0.39 is 10.0 Å². The Hall–Kier alpha value is -2.36. The monoisotopic (exact) mass is 437 g/mol. The first-order valence-electron chi connectivity index (χ1n) is 8.36. The fraction of sp³-hybridized carbons (Fsp3) is 0.222. The van der Waals surface area contributed by atoms with Gasteiger partial charge in [-0.15, -0.1) is 0 Å². The van der Waals surface area contributed by atoms with Gasteiger partial charge in [0.25, 0.3) is 10.0 Å². The Kier molecular flexibility index (Phi) is 4.68. The minimum absolute atomic E-state index is 0.0853. The third-order valence-corrected chi connectivity index (χ3v) is 7.38. The molecule has 1 aromatic heterocycles. The number of nitrogens with zero attached hydrogens (tertiary/aromatic N) is 2. The van der Waals surface area contributed by atoms with Crippen molar-refractivity contribution >= 4 is 59.9 Å². The van der Waals surface area contributed by atoms with Crippen molar-refractivity contribution in [3.05, 3.63) is 40.9 Å². The van der Waals surface area contributed by atoms with Gasteiger partial charge in [0, 0.05) is 19.2 Å². The molecule has 0 aliphatic carbocycles. The van der Waals surface area contributed by atoms with Crippen LogP contribution in [0.15, 0.2) is 35.2 Å². The van der Waals surface area contributed by atoms with Crippen LogP contribution in [0.2, 0.25) is 5.02 Å². The van der Waals surface area contributed by atoms with Gasteiger partial charge in [0.1, 0.15) is 10.6 Å². The molecule has 1 aliphatic rings. The van der Waals surface area contributed by atoms with Gasteiger partial charge in [0.15, 0.2) is 5.13 Å². The lowest BCUT2D eigenvalue weighted by Gasteiger charge is -2.16. The number of thiazole rings is 1. The van der Waals surface area contributed by atoms with E-state index in [-0.39, 0.29) is 21.0 Å². The molecule has 2 heterocycles. The maximum absolute atomic E-state index is 12.9. The standard InChI is InChI=1S/C18H16ClN3O4S2/c1-10(23)22-6-5-11-7-13(19)17(9-15(11)22)28(24,25)21-18-20-14-4-3-12(26-2)8-16(14)27-18/h3-4,7-9H,5-6H2,1-2H3,(H,20,21). The Bertz CT molecular complexity index is 1210. The van der Waals surface area contributed by atoms with E-state index in [1.54, 1.807) is 36.3 Å². The van der Waals surface area contributed by atoms with Gasteiger partial charge in [-0.2, -0.15) is 0 Å². The molecule has 1 aliphatic heterocycles. The maximum Gasteiger partial charge on any atom is 0.265 e. The minimum Gasteiger partial charge on any atom is -0.497 e. The molecule has 1 N–H and O–H groups in total. The van der Waals surface area contributed by atoms with Crippen LogP contribution in [-0.4, -0.2) is 33.0 Å². The average Bonchev–Trinajstić information content (AvgIpc) is 3.22. The normalized spacial score (nSPS) is 13.6. The maximum atomic E-state index is 12.9. The summed E-state index contributed by atoms with van der Waals surface area (Å²) in [5.41, 5.74) is 2.09. The molecule has 1 amide bonds. The van der Waals surface area contributed by atoms with Gasteiger partial charge < -0.3 is 9.64 Å². The highest BCUT2D eigenvalue weighted by Gasteiger charge is 2.28. The molecule has 0 fully saturated rings. The van der Waals surface area contributed by atoms with Crippen molar-refractivity contribution in [1.82, 2.24) is 4.98 Å². The molecule has 0 saturated carbocycles. The molecule has 146 valence electrons. The van der Waals surface area contributed by atoms with Crippen molar-refractivity contribution in [3.8, 4) is 5.75 Å². The Balaban J connectivity index is 1.71. The molecule has 0 radical (unpaired) electrons. The SMILES string of the molecule is COc1ccc2nc(NS(=O)(=O)c3cc4c(cc3Cl)CCN4C(C)=O)sc2c1. The van der Waals surface area contributed by atoms with Crippen molar-refractivity contribution in [2.75, 3.05) is 23.3 Å². The third-order valence-electron chi connectivity index (χ3n) is 4.52. The molecule has 28 heavy (non-hydrogen) atoms. The minimum atomic E-state index is -3.98. The molecule has 0 unspecified atom stereocenters. The van der Waals surface area contributed by atoms with Crippen LogP contribution in [-0.2, 0) is 21.2 Å². The highest BCUT2D eigenvalue weighted by Crippen LogP contribution is 2.37. The first-order valence-corrected chi connectivity index (χ1v) is 11.0. The number of anilines is 2. The summed E-state index contributed by atoms with van der Waals surface area (Å²) >= 11 is 7.44. The Morgan fingerprint density at radius 1 is 1.32 bits per heavy atom. The van der Waals surface area contributed by atoms with Gasteiger partial charge in [-0.05, 0) is 42.3 Å². The number of fused-ring (bicyclic) bond motifs is 2. The molecule has 10 heteroatoms. The Morgan fingerprint density at radius 2 is 2.11 bits per heavy atom. The lowest BCUT2D eigenvalue weighted by Crippen LogP contribution is -2.26. The quantitative estimate of drug-likeness (QED) is 0.672. The molecule has 3 aromatic rings. The first-order chi connectivity index (χ1) is 13.3. The number of sulfonamides is 1. The van der Waals surface area contributed by atoms with Crippen LogP contribution in [0, 0.1) is 0 Å². The molecular weight excluding hydrogens is 422 g/mol. The van der Waals surface area contributed by atoms with Crippen LogP contribution < -0.4 is 14.4 Å². The summed E-state index contributed by atoms with van der Waals surface area (Å²) in [5.74, 6) is 0.522. The number of hydrogen-bond donors (Lipinski definition) is 1. The van der Waals surface area contributed by atoms with Crippen LogP contribution in [0.25, 0.3) is 10.2 Å². The summed E-state index contributed by atoms with van der Waals surface area (Å²) in [6.07, 6.45) is 0.641. The number of hydrogen-bond acceptors (Lipinski definition) is 6. The number of carbonyl (C=O) groups is 1. The number of methoxy groups -OCH3 is 1. The van der Waals surface area contributed by atoms with E-state index >= 15 is 0 Å². The van der Waals surface area contributed by atoms with Gasteiger partial charge in [-0.1, -0.05) is 22.9 Å². The van der Waals surface area contributed by atoms with E-state index in [0.29, 0.717) is 29.9 Å². The Labute approximate surface area is 170 Å². The van der Waals surface area contributed by atoms with Crippen LogP contribution in [0.1, 0.15) is 12.5 Å². The highest BCUT2D eigenvalue weighted by molar-refractivity contribution is 7.93. The number of aromatic nitrogens is 1. The lowest BCUT2D eigenvalue weighted by molar-refractivity contribution is -0.116. The summed E-state index contributed by atoms with van der Waals surface area (Å²) in [7, 11) is -2.42. The number of benzene rings is 2. The lowest BCUT2D eigenvalue weighted by atomic mass is 10.2. The third kappa shape index (κ3) is 3.30.